The minimum absolute atomic E-state index is 0.0825. The van der Waals surface area contributed by atoms with Crippen molar-refractivity contribution in [2.24, 2.45) is 0 Å². The summed E-state index contributed by atoms with van der Waals surface area (Å²) < 4.78 is 23.6. The Morgan fingerprint density at radius 1 is 1.32 bits per heavy atom. The van der Waals surface area contributed by atoms with E-state index in [1.165, 1.54) is 19.5 Å². The van der Waals surface area contributed by atoms with Gasteiger partial charge in [-0.3, -0.25) is 0 Å². The predicted octanol–water partition coefficient (Wildman–Crippen LogP) is 2.22. The zero-order valence-electron chi connectivity index (χ0n) is 11.1. The molecule has 0 saturated carbocycles. The summed E-state index contributed by atoms with van der Waals surface area (Å²) in [5.74, 6) is 0.363. The number of anilines is 1. The molecular formula is C13H16FN3O2. The normalized spacial score (nSPS) is 12.4. The van der Waals surface area contributed by atoms with Crippen molar-refractivity contribution in [2.45, 2.75) is 13.0 Å². The highest BCUT2D eigenvalue weighted by Gasteiger charge is 2.11. The Kier molecular flexibility index (Phi) is 4.11. The highest BCUT2D eigenvalue weighted by Crippen LogP contribution is 2.27. The number of fused-ring (bicyclic) bond motifs is 1. The maximum atomic E-state index is 13.6. The van der Waals surface area contributed by atoms with Crippen molar-refractivity contribution in [3.63, 3.8) is 0 Å². The van der Waals surface area contributed by atoms with Crippen LogP contribution in [0.25, 0.3) is 10.9 Å². The molecule has 0 aliphatic rings. The van der Waals surface area contributed by atoms with Crippen LogP contribution >= 0.6 is 0 Å². The first-order chi connectivity index (χ1) is 9.15. The van der Waals surface area contributed by atoms with Crippen LogP contribution in [0.4, 0.5) is 10.2 Å². The first-order valence-electron chi connectivity index (χ1n) is 5.89. The van der Waals surface area contributed by atoms with Crippen LogP contribution in [0.3, 0.4) is 0 Å². The second-order valence-corrected chi connectivity index (χ2v) is 4.23. The van der Waals surface area contributed by atoms with Gasteiger partial charge in [0.15, 0.2) is 11.6 Å². The third-order valence-electron chi connectivity index (χ3n) is 2.71. The zero-order chi connectivity index (χ0) is 13.8. The Bertz CT molecular complexity index is 577. The van der Waals surface area contributed by atoms with Gasteiger partial charge in [0, 0.05) is 24.6 Å². The van der Waals surface area contributed by atoms with Crippen LogP contribution in [0.15, 0.2) is 18.5 Å². The summed E-state index contributed by atoms with van der Waals surface area (Å²) in [5, 5.41) is 3.91. The molecule has 19 heavy (non-hydrogen) atoms. The summed E-state index contributed by atoms with van der Waals surface area (Å²) in [6, 6.07) is 3.01. The lowest BCUT2D eigenvalue weighted by atomic mass is 10.2. The Balaban J connectivity index is 2.43. The fourth-order valence-corrected chi connectivity index (χ4v) is 1.85. The molecule has 0 aliphatic heterocycles. The summed E-state index contributed by atoms with van der Waals surface area (Å²) in [6.45, 7) is 2.52. The van der Waals surface area contributed by atoms with Crippen molar-refractivity contribution in [3.05, 3.63) is 24.3 Å². The summed E-state index contributed by atoms with van der Waals surface area (Å²) >= 11 is 0. The van der Waals surface area contributed by atoms with E-state index in [0.717, 1.165) is 0 Å². The third-order valence-corrected chi connectivity index (χ3v) is 2.71. The number of nitrogens with zero attached hydrogens (tertiary/aromatic N) is 2. The molecule has 102 valence electrons. The number of nitrogens with one attached hydrogen (secondary N) is 1. The van der Waals surface area contributed by atoms with Crippen LogP contribution in [-0.2, 0) is 4.74 Å². The van der Waals surface area contributed by atoms with Gasteiger partial charge in [0.25, 0.3) is 0 Å². The summed E-state index contributed by atoms with van der Waals surface area (Å²) in [7, 11) is 3.06. The number of benzene rings is 1. The molecule has 1 N–H and O–H groups in total. The lowest BCUT2D eigenvalue weighted by Crippen LogP contribution is -2.21. The molecule has 1 atom stereocenters. The molecule has 6 heteroatoms. The highest BCUT2D eigenvalue weighted by molar-refractivity contribution is 5.90. The standard InChI is InChI=1S/C13H16FN3O2/c1-8(6-18-2)17-13-9-4-12(19-3)10(14)5-11(9)15-7-16-13/h4-5,7-8H,6H2,1-3H3,(H,15,16,17). The second kappa shape index (κ2) is 5.79. The number of hydrogen-bond donors (Lipinski definition) is 1. The molecule has 2 aromatic rings. The van der Waals surface area contributed by atoms with E-state index in [9.17, 15) is 4.39 Å². The molecule has 0 amide bonds. The minimum atomic E-state index is -0.440. The Labute approximate surface area is 110 Å². The highest BCUT2D eigenvalue weighted by atomic mass is 19.1. The van der Waals surface area contributed by atoms with Crippen molar-refractivity contribution in [2.75, 3.05) is 26.1 Å². The van der Waals surface area contributed by atoms with E-state index in [4.69, 9.17) is 9.47 Å². The fraction of sp³-hybridized carbons (Fsp3) is 0.385. The molecule has 0 spiro atoms. The maximum absolute atomic E-state index is 13.6. The van der Waals surface area contributed by atoms with Gasteiger partial charge in [-0.1, -0.05) is 0 Å². The van der Waals surface area contributed by atoms with Crippen molar-refractivity contribution >= 4 is 16.7 Å². The molecule has 0 radical (unpaired) electrons. The van der Waals surface area contributed by atoms with E-state index >= 15 is 0 Å². The topological polar surface area (TPSA) is 56.3 Å². The van der Waals surface area contributed by atoms with Crippen LogP contribution in [0.5, 0.6) is 5.75 Å². The Morgan fingerprint density at radius 3 is 2.79 bits per heavy atom. The average molecular weight is 265 g/mol. The van der Waals surface area contributed by atoms with Gasteiger partial charge in [-0.05, 0) is 13.0 Å². The van der Waals surface area contributed by atoms with E-state index in [-0.39, 0.29) is 11.8 Å². The molecule has 1 unspecified atom stereocenters. The molecule has 0 bridgehead atoms. The van der Waals surface area contributed by atoms with Gasteiger partial charge in [-0.15, -0.1) is 0 Å². The number of aromatic nitrogens is 2. The van der Waals surface area contributed by atoms with Crippen LogP contribution in [-0.4, -0.2) is 36.8 Å². The SMILES string of the molecule is COCC(C)Nc1ncnc2cc(F)c(OC)cc12. The predicted molar refractivity (Wildman–Crippen MR) is 71.0 cm³/mol. The fourth-order valence-electron chi connectivity index (χ4n) is 1.85. The van der Waals surface area contributed by atoms with E-state index in [2.05, 4.69) is 15.3 Å². The Hall–Kier alpha value is -1.95. The molecule has 2 rings (SSSR count). The van der Waals surface area contributed by atoms with Gasteiger partial charge in [0.1, 0.15) is 12.1 Å². The molecule has 5 nitrogen and oxygen atoms in total. The summed E-state index contributed by atoms with van der Waals surface area (Å²) in [6.07, 6.45) is 1.40. The lowest BCUT2D eigenvalue weighted by Gasteiger charge is -2.15. The van der Waals surface area contributed by atoms with Crippen molar-refractivity contribution in [1.82, 2.24) is 9.97 Å². The first kappa shape index (κ1) is 13.5. The largest absolute Gasteiger partial charge is 0.494 e. The minimum Gasteiger partial charge on any atom is -0.494 e. The number of rotatable bonds is 5. The van der Waals surface area contributed by atoms with Gasteiger partial charge in [-0.25, -0.2) is 14.4 Å². The maximum Gasteiger partial charge on any atom is 0.167 e. The average Bonchev–Trinajstić information content (AvgIpc) is 2.38. The van der Waals surface area contributed by atoms with E-state index in [1.807, 2.05) is 6.92 Å². The molecule has 0 fully saturated rings. The van der Waals surface area contributed by atoms with Gasteiger partial charge in [0.05, 0.1) is 19.2 Å². The monoisotopic (exact) mass is 265 g/mol. The molecule has 0 aliphatic carbocycles. The van der Waals surface area contributed by atoms with Crippen LogP contribution in [0.2, 0.25) is 0 Å². The Morgan fingerprint density at radius 2 is 2.11 bits per heavy atom. The zero-order valence-corrected chi connectivity index (χ0v) is 11.1. The number of ether oxygens (including phenoxy) is 2. The van der Waals surface area contributed by atoms with Crippen LogP contribution in [0, 0.1) is 5.82 Å². The molecular weight excluding hydrogens is 249 g/mol. The van der Waals surface area contributed by atoms with Gasteiger partial charge >= 0.3 is 0 Å². The molecule has 1 aromatic heterocycles. The lowest BCUT2D eigenvalue weighted by molar-refractivity contribution is 0.190. The van der Waals surface area contributed by atoms with Gasteiger partial charge in [0.2, 0.25) is 0 Å². The van der Waals surface area contributed by atoms with E-state index in [1.54, 1.807) is 13.2 Å². The van der Waals surface area contributed by atoms with Crippen molar-refractivity contribution in [1.29, 1.82) is 0 Å². The summed E-state index contributed by atoms with van der Waals surface area (Å²) in [5.41, 5.74) is 0.528. The van der Waals surface area contributed by atoms with E-state index in [0.29, 0.717) is 23.3 Å². The molecule has 0 saturated heterocycles. The number of hydrogen-bond acceptors (Lipinski definition) is 5. The smallest absolute Gasteiger partial charge is 0.167 e. The number of halogens is 1. The van der Waals surface area contributed by atoms with Crippen molar-refractivity contribution < 1.29 is 13.9 Å². The van der Waals surface area contributed by atoms with Crippen LogP contribution < -0.4 is 10.1 Å². The van der Waals surface area contributed by atoms with Gasteiger partial charge in [-0.2, -0.15) is 0 Å². The number of methoxy groups -OCH3 is 2. The van der Waals surface area contributed by atoms with E-state index < -0.39 is 5.82 Å². The third kappa shape index (κ3) is 2.90. The molecule has 1 heterocycles. The van der Waals surface area contributed by atoms with Crippen molar-refractivity contribution in [3.8, 4) is 5.75 Å². The van der Waals surface area contributed by atoms with Crippen LogP contribution in [0.1, 0.15) is 6.92 Å². The quantitative estimate of drug-likeness (QED) is 0.898. The first-order valence-corrected chi connectivity index (χ1v) is 5.89. The molecule has 1 aromatic carbocycles. The second-order valence-electron chi connectivity index (χ2n) is 4.23. The summed E-state index contributed by atoms with van der Waals surface area (Å²) in [4.78, 5) is 8.23. The van der Waals surface area contributed by atoms with Gasteiger partial charge < -0.3 is 14.8 Å².